The highest BCUT2D eigenvalue weighted by atomic mass is 16.3. The summed E-state index contributed by atoms with van der Waals surface area (Å²) in [6, 6.07) is 16.9. The molecule has 3 aromatic carbocycles. The molecule has 0 unspecified atom stereocenters. The van der Waals surface area contributed by atoms with Crippen molar-refractivity contribution in [1.29, 1.82) is 0 Å². The van der Waals surface area contributed by atoms with E-state index in [1.54, 1.807) is 18.2 Å². The molecule has 110 valence electrons. The molecule has 1 aliphatic heterocycles. The van der Waals surface area contributed by atoms with E-state index in [4.69, 9.17) is 0 Å². The van der Waals surface area contributed by atoms with Crippen LogP contribution in [0.5, 0.6) is 11.5 Å². The molecule has 0 bridgehead atoms. The Morgan fingerprint density at radius 2 is 1.27 bits per heavy atom. The zero-order valence-corrected chi connectivity index (χ0v) is 12.1. The van der Waals surface area contributed by atoms with E-state index in [1.807, 2.05) is 31.2 Å². The summed E-state index contributed by atoms with van der Waals surface area (Å²) in [5, 5.41) is 29.5. The molecule has 4 heteroatoms. The molecule has 0 aliphatic carbocycles. The molecule has 0 aromatic heterocycles. The van der Waals surface area contributed by atoms with Gasteiger partial charge in [-0.2, -0.15) is 0 Å². The van der Waals surface area contributed by atoms with Crippen LogP contribution in [0.1, 0.15) is 12.5 Å². The Labute approximate surface area is 128 Å². The fourth-order valence-corrected chi connectivity index (χ4v) is 3.28. The topological polar surface area (TPSA) is 64.5 Å². The second-order valence-corrected chi connectivity index (χ2v) is 5.76. The molecular formula is C18H16N2O2. The number of aromatic hydroxyl groups is 2. The third kappa shape index (κ3) is 1.70. The fourth-order valence-electron chi connectivity index (χ4n) is 3.28. The maximum absolute atomic E-state index is 10.2. The van der Waals surface area contributed by atoms with E-state index in [9.17, 15) is 10.2 Å². The third-order valence-corrected chi connectivity index (χ3v) is 4.19. The molecule has 0 amide bonds. The predicted molar refractivity (Wildman–Crippen MR) is 88.3 cm³/mol. The third-order valence-electron chi connectivity index (χ3n) is 4.19. The maximum Gasteiger partial charge on any atom is 0.139 e. The lowest BCUT2D eigenvalue weighted by molar-refractivity contribution is 0.416. The van der Waals surface area contributed by atoms with E-state index >= 15 is 0 Å². The molecule has 3 aromatic rings. The summed E-state index contributed by atoms with van der Waals surface area (Å²) < 4.78 is 0. The second-order valence-electron chi connectivity index (χ2n) is 5.76. The molecule has 22 heavy (non-hydrogen) atoms. The maximum atomic E-state index is 10.2. The van der Waals surface area contributed by atoms with Crippen LogP contribution < -0.4 is 10.6 Å². The number of nitrogens with one attached hydrogen (secondary N) is 2. The zero-order valence-electron chi connectivity index (χ0n) is 12.1. The predicted octanol–water partition coefficient (Wildman–Crippen LogP) is 3.96. The van der Waals surface area contributed by atoms with Gasteiger partial charge in [-0.15, -0.1) is 0 Å². The first-order valence-corrected chi connectivity index (χ1v) is 7.18. The van der Waals surface area contributed by atoms with Gasteiger partial charge in [-0.25, -0.2) is 0 Å². The van der Waals surface area contributed by atoms with Crippen molar-refractivity contribution in [2.75, 3.05) is 10.6 Å². The lowest BCUT2D eigenvalue weighted by Gasteiger charge is -2.39. The summed E-state index contributed by atoms with van der Waals surface area (Å²) in [4.78, 5) is 0. The van der Waals surface area contributed by atoms with Crippen molar-refractivity contribution < 1.29 is 10.2 Å². The van der Waals surface area contributed by atoms with Crippen LogP contribution in [-0.4, -0.2) is 10.2 Å². The number of hydrogen-bond acceptors (Lipinski definition) is 4. The van der Waals surface area contributed by atoms with Crippen LogP contribution in [0.25, 0.3) is 10.8 Å². The van der Waals surface area contributed by atoms with Crippen LogP contribution >= 0.6 is 0 Å². The van der Waals surface area contributed by atoms with Crippen LogP contribution in [0.15, 0.2) is 54.6 Å². The van der Waals surface area contributed by atoms with Gasteiger partial charge in [0.1, 0.15) is 17.2 Å². The second kappa shape index (κ2) is 4.31. The van der Waals surface area contributed by atoms with Crippen molar-refractivity contribution in [2.24, 2.45) is 0 Å². The lowest BCUT2D eigenvalue weighted by atomic mass is 9.93. The van der Waals surface area contributed by atoms with Crippen molar-refractivity contribution in [1.82, 2.24) is 0 Å². The first kappa shape index (κ1) is 12.8. The van der Waals surface area contributed by atoms with Crippen molar-refractivity contribution in [3.05, 3.63) is 60.2 Å². The van der Waals surface area contributed by atoms with Crippen LogP contribution in [-0.2, 0) is 5.66 Å². The normalized spacial score (nSPS) is 15.1. The van der Waals surface area contributed by atoms with Gasteiger partial charge in [0.25, 0.3) is 0 Å². The summed E-state index contributed by atoms with van der Waals surface area (Å²) >= 11 is 0. The average molecular weight is 292 g/mol. The Hall–Kier alpha value is -2.88. The summed E-state index contributed by atoms with van der Waals surface area (Å²) in [5.41, 5.74) is 1.56. The molecule has 0 fully saturated rings. The van der Waals surface area contributed by atoms with Crippen LogP contribution in [0.3, 0.4) is 0 Å². The van der Waals surface area contributed by atoms with E-state index in [1.165, 1.54) is 0 Å². The van der Waals surface area contributed by atoms with Gasteiger partial charge in [-0.3, -0.25) is 0 Å². The number of anilines is 2. The van der Waals surface area contributed by atoms with Crippen molar-refractivity contribution >= 4 is 22.1 Å². The smallest absolute Gasteiger partial charge is 0.139 e. The van der Waals surface area contributed by atoms with E-state index < -0.39 is 5.66 Å². The van der Waals surface area contributed by atoms with Gasteiger partial charge in [0.05, 0.1) is 5.56 Å². The molecule has 0 saturated heterocycles. The van der Waals surface area contributed by atoms with Crippen LogP contribution in [0, 0.1) is 0 Å². The molecule has 0 saturated carbocycles. The summed E-state index contributed by atoms with van der Waals surface area (Å²) in [6.45, 7) is 1.90. The molecule has 0 atom stereocenters. The molecule has 0 spiro atoms. The largest absolute Gasteiger partial charge is 0.507 e. The number of benzene rings is 3. The molecule has 4 rings (SSSR count). The Morgan fingerprint density at radius 1 is 0.773 bits per heavy atom. The van der Waals surface area contributed by atoms with E-state index in [-0.39, 0.29) is 11.5 Å². The molecular weight excluding hydrogens is 276 g/mol. The first-order chi connectivity index (χ1) is 10.6. The first-order valence-electron chi connectivity index (χ1n) is 7.18. The fraction of sp³-hybridized carbons (Fsp3) is 0.111. The molecule has 0 radical (unpaired) electrons. The summed E-state index contributed by atoms with van der Waals surface area (Å²) in [6.07, 6.45) is 0. The highest BCUT2D eigenvalue weighted by Crippen LogP contribution is 2.45. The van der Waals surface area contributed by atoms with Crippen molar-refractivity contribution in [3.8, 4) is 11.5 Å². The Bertz CT molecular complexity index is 828. The Kier molecular flexibility index (Phi) is 2.51. The van der Waals surface area contributed by atoms with Gasteiger partial charge in [-0.1, -0.05) is 30.3 Å². The molecule has 1 heterocycles. The summed E-state index contributed by atoms with van der Waals surface area (Å²) in [5.74, 6) is 0.100. The average Bonchev–Trinajstić information content (AvgIpc) is 2.47. The van der Waals surface area contributed by atoms with E-state index in [0.29, 0.717) is 5.56 Å². The van der Waals surface area contributed by atoms with Gasteiger partial charge >= 0.3 is 0 Å². The minimum atomic E-state index is -0.807. The molecule has 1 aliphatic rings. The Balaban J connectivity index is 1.94. The Morgan fingerprint density at radius 3 is 1.82 bits per heavy atom. The van der Waals surface area contributed by atoms with Gasteiger partial charge in [0.15, 0.2) is 0 Å². The van der Waals surface area contributed by atoms with E-state index in [0.717, 1.165) is 22.1 Å². The van der Waals surface area contributed by atoms with Crippen LogP contribution in [0.4, 0.5) is 11.4 Å². The van der Waals surface area contributed by atoms with Gasteiger partial charge in [0.2, 0.25) is 0 Å². The quantitative estimate of drug-likeness (QED) is 0.548. The highest BCUT2D eigenvalue weighted by molar-refractivity contribution is 6.05. The number of phenols is 2. The minimum Gasteiger partial charge on any atom is -0.507 e. The number of phenolic OH excluding ortho intramolecular Hbond substituents is 2. The zero-order chi connectivity index (χ0) is 15.3. The number of hydrogen-bond donors (Lipinski definition) is 4. The van der Waals surface area contributed by atoms with Gasteiger partial charge in [-0.05, 0) is 36.6 Å². The van der Waals surface area contributed by atoms with Crippen molar-refractivity contribution in [3.63, 3.8) is 0 Å². The molecule has 4 N–H and O–H groups in total. The minimum absolute atomic E-state index is 0.0501. The van der Waals surface area contributed by atoms with Crippen molar-refractivity contribution in [2.45, 2.75) is 12.6 Å². The molecule has 4 nitrogen and oxygen atoms in total. The van der Waals surface area contributed by atoms with Gasteiger partial charge < -0.3 is 20.8 Å². The monoisotopic (exact) mass is 292 g/mol. The van der Waals surface area contributed by atoms with Gasteiger partial charge in [0, 0.05) is 16.8 Å². The highest BCUT2D eigenvalue weighted by Gasteiger charge is 2.35. The summed E-state index contributed by atoms with van der Waals surface area (Å²) in [7, 11) is 0. The van der Waals surface area contributed by atoms with E-state index in [2.05, 4.69) is 22.8 Å². The number of rotatable bonds is 1. The lowest BCUT2D eigenvalue weighted by Crippen LogP contribution is -2.42. The van der Waals surface area contributed by atoms with Crippen LogP contribution in [0.2, 0.25) is 0 Å². The SMILES string of the molecule is CC1(c2c(O)cccc2O)Nc2cccc3cccc(c23)N1. The standard InChI is InChI=1S/C18H16N2O2/c1-18(17-14(21)9-4-10-15(17)22)19-12-7-2-5-11-6-3-8-13(20-18)16(11)12/h2-10,19-22H,1H3.